The van der Waals surface area contributed by atoms with E-state index in [-0.39, 0.29) is 11.8 Å². The molecule has 0 saturated carbocycles. The van der Waals surface area contributed by atoms with E-state index in [1.807, 2.05) is 29.7 Å². The van der Waals surface area contributed by atoms with Crippen molar-refractivity contribution >= 4 is 17.2 Å². The number of aryl methyl sites for hydroxylation is 2. The Balaban J connectivity index is 1.38. The number of rotatable bonds is 6. The van der Waals surface area contributed by atoms with Crippen LogP contribution < -0.4 is 0 Å². The molecule has 1 N–H and O–H groups in total. The molecule has 0 bridgehead atoms. The Labute approximate surface area is 161 Å². The van der Waals surface area contributed by atoms with Gasteiger partial charge in [-0.3, -0.25) is 9.89 Å². The maximum absolute atomic E-state index is 12.7. The van der Waals surface area contributed by atoms with Crippen molar-refractivity contribution < 1.29 is 4.79 Å². The number of H-pyrrole nitrogens is 1. The zero-order chi connectivity index (χ0) is 18.6. The summed E-state index contributed by atoms with van der Waals surface area (Å²) >= 11 is 1.60. The second kappa shape index (κ2) is 7.99. The van der Waals surface area contributed by atoms with Gasteiger partial charge in [0.05, 0.1) is 17.7 Å². The van der Waals surface area contributed by atoms with Crippen molar-refractivity contribution in [1.82, 2.24) is 34.6 Å². The molecule has 9 heteroatoms. The number of aromatic amines is 1. The number of nitrogens with one attached hydrogen (secondary N) is 1. The van der Waals surface area contributed by atoms with E-state index in [9.17, 15) is 4.79 Å². The summed E-state index contributed by atoms with van der Waals surface area (Å²) in [6, 6.07) is 0. The highest BCUT2D eigenvalue weighted by Gasteiger charge is 2.27. The van der Waals surface area contributed by atoms with Crippen LogP contribution in [-0.4, -0.2) is 53.6 Å². The maximum Gasteiger partial charge on any atom is 0.223 e. The number of aromatic nitrogens is 6. The second-order valence-corrected chi connectivity index (χ2v) is 7.63. The molecule has 0 spiro atoms. The van der Waals surface area contributed by atoms with Crippen molar-refractivity contribution in [2.75, 3.05) is 13.1 Å². The Kier molecular flexibility index (Phi) is 5.28. The lowest BCUT2D eigenvalue weighted by atomic mass is 9.96. The van der Waals surface area contributed by atoms with E-state index in [2.05, 4.69) is 35.1 Å². The van der Waals surface area contributed by atoms with Crippen LogP contribution in [0, 0.1) is 6.92 Å². The van der Waals surface area contributed by atoms with Gasteiger partial charge in [0.15, 0.2) is 5.82 Å². The highest BCUT2D eigenvalue weighted by atomic mass is 32.1. The van der Waals surface area contributed by atoms with E-state index in [1.54, 1.807) is 11.3 Å². The normalized spacial score (nSPS) is 17.4. The standard InChI is InChI=1S/C18H23N7OS/c1-13-21-16(23-22-13)4-5-17(26)24-7-2-3-14(9-24)18-19-6-8-25(18)10-15-11-27-12-20-15/h6,8,11-12,14H,2-5,7,9-10H2,1H3,(H,21,22,23)/t14-/m0/s1. The van der Waals surface area contributed by atoms with Crippen molar-refractivity contribution in [3.63, 3.8) is 0 Å². The van der Waals surface area contributed by atoms with Crippen molar-refractivity contribution in [3.8, 4) is 0 Å². The average molecular weight is 385 g/mol. The van der Waals surface area contributed by atoms with Crippen LogP contribution in [0.2, 0.25) is 0 Å². The number of piperidine rings is 1. The third-order valence-corrected chi connectivity index (χ3v) is 5.54. The molecule has 1 saturated heterocycles. The van der Waals surface area contributed by atoms with Crippen LogP contribution in [0.1, 0.15) is 48.3 Å². The Morgan fingerprint density at radius 1 is 1.41 bits per heavy atom. The molecule has 3 aromatic heterocycles. The molecule has 27 heavy (non-hydrogen) atoms. The number of carbonyl (C=O) groups excluding carboxylic acids is 1. The van der Waals surface area contributed by atoms with Crippen molar-refractivity contribution in [3.05, 3.63) is 46.5 Å². The molecule has 1 atom stereocenters. The number of likely N-dealkylation sites (tertiary alicyclic amines) is 1. The van der Waals surface area contributed by atoms with Crippen LogP contribution in [0.4, 0.5) is 0 Å². The molecule has 0 aromatic carbocycles. The zero-order valence-corrected chi connectivity index (χ0v) is 16.2. The third kappa shape index (κ3) is 4.24. The van der Waals surface area contributed by atoms with E-state index < -0.39 is 0 Å². The van der Waals surface area contributed by atoms with Gasteiger partial charge in [0, 0.05) is 49.6 Å². The summed E-state index contributed by atoms with van der Waals surface area (Å²) in [7, 11) is 0. The minimum Gasteiger partial charge on any atom is -0.342 e. The van der Waals surface area contributed by atoms with E-state index in [4.69, 9.17) is 0 Å². The zero-order valence-electron chi connectivity index (χ0n) is 15.3. The van der Waals surface area contributed by atoms with Gasteiger partial charge in [0.2, 0.25) is 5.91 Å². The first-order valence-electron chi connectivity index (χ1n) is 9.23. The summed E-state index contributed by atoms with van der Waals surface area (Å²) in [5, 5.41) is 8.99. The lowest BCUT2D eigenvalue weighted by molar-refractivity contribution is -0.132. The maximum atomic E-state index is 12.7. The van der Waals surface area contributed by atoms with Gasteiger partial charge in [0.25, 0.3) is 0 Å². The van der Waals surface area contributed by atoms with Crippen LogP contribution >= 0.6 is 11.3 Å². The smallest absolute Gasteiger partial charge is 0.223 e. The van der Waals surface area contributed by atoms with Crippen molar-refractivity contribution in [2.24, 2.45) is 0 Å². The SMILES string of the molecule is Cc1nc(CCC(=O)N2CCC[C@H](c3nccn3Cc3cscn3)C2)n[nH]1. The summed E-state index contributed by atoms with van der Waals surface area (Å²) in [5.41, 5.74) is 2.90. The van der Waals surface area contributed by atoms with E-state index in [1.165, 1.54) is 0 Å². The Bertz CT molecular complexity index is 885. The van der Waals surface area contributed by atoms with Gasteiger partial charge in [-0.2, -0.15) is 5.10 Å². The lowest BCUT2D eigenvalue weighted by Gasteiger charge is -2.32. The fourth-order valence-electron chi connectivity index (χ4n) is 3.60. The molecule has 8 nitrogen and oxygen atoms in total. The van der Waals surface area contributed by atoms with Crippen LogP contribution in [0.25, 0.3) is 0 Å². The number of hydrogen-bond acceptors (Lipinski definition) is 6. The summed E-state index contributed by atoms with van der Waals surface area (Å²) in [4.78, 5) is 27.9. The first-order chi connectivity index (χ1) is 13.2. The van der Waals surface area contributed by atoms with Gasteiger partial charge < -0.3 is 9.47 Å². The molecule has 0 radical (unpaired) electrons. The molecule has 4 heterocycles. The highest BCUT2D eigenvalue weighted by Crippen LogP contribution is 2.26. The Morgan fingerprint density at radius 2 is 2.33 bits per heavy atom. The molecule has 1 fully saturated rings. The van der Waals surface area contributed by atoms with Gasteiger partial charge in [0.1, 0.15) is 11.6 Å². The summed E-state index contributed by atoms with van der Waals surface area (Å²) in [5.74, 6) is 2.96. The predicted octanol–water partition coefficient (Wildman–Crippen LogP) is 2.15. The number of amides is 1. The monoisotopic (exact) mass is 385 g/mol. The molecule has 142 valence electrons. The first-order valence-corrected chi connectivity index (χ1v) is 10.2. The van der Waals surface area contributed by atoms with Crippen LogP contribution in [0.15, 0.2) is 23.3 Å². The number of imidazole rings is 1. The van der Waals surface area contributed by atoms with Crippen molar-refractivity contribution in [2.45, 2.75) is 45.1 Å². The van der Waals surface area contributed by atoms with E-state index in [0.717, 1.165) is 49.8 Å². The molecule has 1 aliphatic heterocycles. The summed E-state index contributed by atoms with van der Waals surface area (Å²) in [6.07, 6.45) is 6.91. The van der Waals surface area contributed by atoms with Crippen molar-refractivity contribution in [1.29, 1.82) is 0 Å². The van der Waals surface area contributed by atoms with Gasteiger partial charge in [-0.15, -0.1) is 11.3 Å². The molecule has 1 amide bonds. The fourth-order valence-corrected chi connectivity index (χ4v) is 4.15. The topological polar surface area (TPSA) is 92.6 Å². The van der Waals surface area contributed by atoms with Gasteiger partial charge >= 0.3 is 0 Å². The number of nitrogens with zero attached hydrogens (tertiary/aromatic N) is 6. The van der Waals surface area contributed by atoms with E-state index in [0.29, 0.717) is 18.7 Å². The van der Waals surface area contributed by atoms with Crippen LogP contribution in [0.3, 0.4) is 0 Å². The fraction of sp³-hybridized carbons (Fsp3) is 0.500. The Hall–Kier alpha value is -2.55. The van der Waals surface area contributed by atoms with Gasteiger partial charge in [-0.25, -0.2) is 15.0 Å². The van der Waals surface area contributed by atoms with Crippen LogP contribution in [0.5, 0.6) is 0 Å². The summed E-state index contributed by atoms with van der Waals surface area (Å²) in [6.45, 7) is 4.13. The molecule has 4 rings (SSSR count). The van der Waals surface area contributed by atoms with Gasteiger partial charge in [-0.05, 0) is 19.8 Å². The molecular weight excluding hydrogens is 362 g/mol. The molecule has 3 aromatic rings. The van der Waals surface area contributed by atoms with Crippen LogP contribution in [-0.2, 0) is 17.8 Å². The third-order valence-electron chi connectivity index (χ3n) is 4.91. The first kappa shape index (κ1) is 17.8. The average Bonchev–Trinajstić information content (AvgIpc) is 3.43. The lowest BCUT2D eigenvalue weighted by Crippen LogP contribution is -2.40. The minimum atomic E-state index is 0.166. The Morgan fingerprint density at radius 3 is 3.11 bits per heavy atom. The highest BCUT2D eigenvalue weighted by molar-refractivity contribution is 7.07. The second-order valence-electron chi connectivity index (χ2n) is 6.91. The van der Waals surface area contributed by atoms with Gasteiger partial charge in [-0.1, -0.05) is 0 Å². The number of hydrogen-bond donors (Lipinski definition) is 1. The minimum absolute atomic E-state index is 0.166. The molecule has 0 aliphatic carbocycles. The number of thiazole rings is 1. The molecular formula is C18H23N7OS. The van der Waals surface area contributed by atoms with E-state index >= 15 is 0 Å². The largest absolute Gasteiger partial charge is 0.342 e. The predicted molar refractivity (Wildman–Crippen MR) is 101 cm³/mol. The quantitative estimate of drug-likeness (QED) is 0.702. The molecule has 0 unspecified atom stereocenters. The molecule has 1 aliphatic rings. The number of carbonyl (C=O) groups is 1. The summed E-state index contributed by atoms with van der Waals surface area (Å²) < 4.78 is 2.16.